The van der Waals surface area contributed by atoms with Gasteiger partial charge in [0, 0.05) is 19.9 Å². The summed E-state index contributed by atoms with van der Waals surface area (Å²) < 4.78 is 11.0. The van der Waals surface area contributed by atoms with E-state index in [1.54, 1.807) is 26.1 Å². The number of nitrogens with zero attached hydrogens (tertiary/aromatic N) is 1. The number of hydrogen-bond donors (Lipinski definition) is 4. The van der Waals surface area contributed by atoms with Crippen LogP contribution in [0.1, 0.15) is 44.2 Å². The van der Waals surface area contributed by atoms with Crippen LogP contribution in [0, 0.1) is 6.92 Å². The van der Waals surface area contributed by atoms with Gasteiger partial charge in [0.05, 0.1) is 29.3 Å². The lowest BCUT2D eigenvalue weighted by Crippen LogP contribution is -2.62. The van der Waals surface area contributed by atoms with Crippen molar-refractivity contribution in [1.29, 1.82) is 0 Å². The van der Waals surface area contributed by atoms with E-state index in [9.17, 15) is 24.9 Å². The number of carbonyl (C=O) groups is 2. The van der Waals surface area contributed by atoms with E-state index in [0.717, 1.165) is 16.7 Å². The molecule has 9 nitrogen and oxygen atoms in total. The predicted octanol–water partition coefficient (Wildman–Crippen LogP) is 2.52. The maximum atomic E-state index is 13.1. The first kappa shape index (κ1) is 26.6. The van der Waals surface area contributed by atoms with Gasteiger partial charge in [-0.25, -0.2) is 4.79 Å². The van der Waals surface area contributed by atoms with Crippen LogP contribution in [0.5, 0.6) is 0 Å². The second kappa shape index (κ2) is 9.79. The number of rotatable bonds is 0. The Morgan fingerprint density at radius 2 is 1.94 bits per heavy atom. The maximum absolute atomic E-state index is 13.1. The largest absolute Gasteiger partial charge is 0.446 e. The number of ether oxygens (including phenoxy) is 2. The molecule has 10 heteroatoms. The van der Waals surface area contributed by atoms with Gasteiger partial charge in [-0.2, -0.15) is 0 Å². The Bertz CT molecular complexity index is 1120. The van der Waals surface area contributed by atoms with Crippen LogP contribution < -0.4 is 10.2 Å². The van der Waals surface area contributed by atoms with E-state index in [-0.39, 0.29) is 25.2 Å². The molecule has 0 spiro atoms. The molecule has 3 heterocycles. The highest BCUT2D eigenvalue weighted by molar-refractivity contribution is 6.34. The van der Waals surface area contributed by atoms with Gasteiger partial charge in [0.25, 0.3) is 0 Å². The highest BCUT2D eigenvalue weighted by Gasteiger charge is 2.59. The smallest absolute Gasteiger partial charge is 0.409 e. The average Bonchev–Trinajstić information content (AvgIpc) is 3.44. The number of aliphatic hydroxyl groups excluding tert-OH is 2. The fourth-order valence-corrected chi connectivity index (χ4v) is 5.12. The third-order valence-corrected chi connectivity index (χ3v) is 7.78. The Labute approximate surface area is 215 Å². The van der Waals surface area contributed by atoms with Crippen LogP contribution in [0.15, 0.2) is 35.9 Å². The highest BCUT2D eigenvalue weighted by Crippen LogP contribution is 2.45. The summed E-state index contributed by atoms with van der Waals surface area (Å²) in [5, 5.41) is 35.3. The van der Waals surface area contributed by atoms with Crippen molar-refractivity contribution in [2.24, 2.45) is 0 Å². The minimum absolute atomic E-state index is 0.0791. The topological polar surface area (TPSA) is 132 Å². The molecule has 36 heavy (non-hydrogen) atoms. The summed E-state index contributed by atoms with van der Waals surface area (Å²) in [5.41, 5.74) is 0.315. The van der Waals surface area contributed by atoms with E-state index in [2.05, 4.69) is 5.32 Å². The molecule has 3 aliphatic heterocycles. The summed E-state index contributed by atoms with van der Waals surface area (Å²) in [4.78, 5) is 26.7. The minimum Gasteiger partial charge on any atom is -0.446 e. The van der Waals surface area contributed by atoms with E-state index < -0.39 is 41.8 Å². The number of allylic oxidation sites excluding steroid dienone is 3. The normalized spacial score (nSPS) is 37.8. The molecule has 4 N–H and O–H groups in total. The summed E-state index contributed by atoms with van der Waals surface area (Å²) in [5.74, 6) is -0.324. The standard InChI is InChI=1S/C26H33ClN2O7/c1-14-6-5-7-19(30)26(34)13-17(35-24(33)28-26)11-21-25(3,36-21)20(31)12-22(32)29(4)18-10-16(8-14)9-15(2)23(18)27/h5-7,9-10,17,19-21,30-31,34H,8,11-13H2,1-4H3,(H,28,33)/b7-5+,14-6+/t17?,19?,20?,21?,25?,26-/m0/s1. The maximum Gasteiger partial charge on any atom is 0.409 e. The summed E-state index contributed by atoms with van der Waals surface area (Å²) >= 11 is 6.54. The first-order valence-electron chi connectivity index (χ1n) is 12.0. The number of fused-ring (bicyclic) bond motifs is 5. The summed E-state index contributed by atoms with van der Waals surface area (Å²) in [6.07, 6.45) is 0.701. The van der Waals surface area contributed by atoms with Crippen molar-refractivity contribution in [2.45, 2.75) is 82.2 Å². The first-order valence-corrected chi connectivity index (χ1v) is 12.3. The van der Waals surface area contributed by atoms with Crippen LogP contribution in [0.3, 0.4) is 0 Å². The fraction of sp³-hybridized carbons (Fsp3) is 0.538. The molecule has 1 aromatic carbocycles. The van der Waals surface area contributed by atoms with Crippen molar-refractivity contribution < 1.29 is 34.4 Å². The van der Waals surface area contributed by atoms with Crippen molar-refractivity contribution in [3.05, 3.63) is 52.1 Å². The number of aryl methyl sites for hydroxylation is 1. The van der Waals surface area contributed by atoms with Crippen LogP contribution in [0.25, 0.3) is 0 Å². The molecule has 0 saturated carbocycles. The lowest BCUT2D eigenvalue weighted by atomic mass is 9.90. The van der Waals surface area contributed by atoms with E-state index in [0.29, 0.717) is 17.1 Å². The van der Waals surface area contributed by atoms with Gasteiger partial charge in [0.15, 0.2) is 5.72 Å². The third kappa shape index (κ3) is 5.31. The van der Waals surface area contributed by atoms with Gasteiger partial charge in [0.2, 0.25) is 5.91 Å². The number of epoxide rings is 1. The van der Waals surface area contributed by atoms with E-state index >= 15 is 0 Å². The number of hydrogen-bond acceptors (Lipinski definition) is 7. The molecule has 5 unspecified atom stereocenters. The summed E-state index contributed by atoms with van der Waals surface area (Å²) in [6.45, 7) is 5.48. The van der Waals surface area contributed by atoms with Gasteiger partial charge in [0.1, 0.15) is 17.8 Å². The molecule has 4 bridgehead atoms. The molecule has 6 atom stereocenters. The Hall–Kier alpha value is -2.43. The lowest BCUT2D eigenvalue weighted by Gasteiger charge is -2.39. The van der Waals surface area contributed by atoms with Crippen molar-refractivity contribution >= 4 is 29.3 Å². The average molecular weight is 521 g/mol. The molecule has 2 fully saturated rings. The predicted molar refractivity (Wildman–Crippen MR) is 134 cm³/mol. The van der Waals surface area contributed by atoms with Crippen LogP contribution in [-0.2, 0) is 20.7 Å². The van der Waals surface area contributed by atoms with Gasteiger partial charge in [-0.05, 0) is 44.4 Å². The molecule has 2 amide bonds. The Kier molecular flexibility index (Phi) is 7.24. The van der Waals surface area contributed by atoms with Gasteiger partial charge < -0.3 is 29.7 Å². The van der Waals surface area contributed by atoms with Crippen LogP contribution >= 0.6 is 11.6 Å². The number of alkyl carbamates (subject to hydrolysis) is 1. The second-order valence-electron chi connectivity index (χ2n) is 10.2. The SMILES string of the molecule is C/C1=C\C=C\C(O)[C@@]2(O)CC(CC3OC3(C)C(O)CC(=O)N(C)c3cc(cc(C)c3Cl)C1)OC(=O)N2. The number of anilines is 1. The number of aliphatic hydroxyl groups is 3. The zero-order chi connectivity index (χ0) is 26.4. The highest BCUT2D eigenvalue weighted by atomic mass is 35.5. The van der Waals surface area contributed by atoms with Gasteiger partial charge >= 0.3 is 6.09 Å². The lowest BCUT2D eigenvalue weighted by molar-refractivity contribution is -0.125. The number of halogens is 1. The molecule has 0 radical (unpaired) electrons. The molecule has 2 saturated heterocycles. The Morgan fingerprint density at radius 3 is 2.67 bits per heavy atom. The minimum atomic E-state index is -1.92. The number of carbonyl (C=O) groups excluding carboxylic acids is 2. The first-order chi connectivity index (χ1) is 16.8. The fourth-order valence-electron chi connectivity index (χ4n) is 4.88. The van der Waals surface area contributed by atoms with Crippen LogP contribution in [0.2, 0.25) is 5.02 Å². The molecule has 0 aromatic heterocycles. The van der Waals surface area contributed by atoms with Crippen LogP contribution in [0.4, 0.5) is 10.5 Å². The zero-order valence-electron chi connectivity index (χ0n) is 20.8. The summed E-state index contributed by atoms with van der Waals surface area (Å²) in [7, 11) is 1.62. The van der Waals surface area contributed by atoms with E-state index in [1.165, 1.54) is 11.0 Å². The molecule has 196 valence electrons. The monoisotopic (exact) mass is 520 g/mol. The Morgan fingerprint density at radius 1 is 1.22 bits per heavy atom. The molecule has 4 rings (SSSR count). The number of amides is 2. The van der Waals surface area contributed by atoms with E-state index in [4.69, 9.17) is 21.1 Å². The van der Waals surface area contributed by atoms with Gasteiger partial charge in [-0.1, -0.05) is 41.5 Å². The Balaban J connectivity index is 1.68. The molecular formula is C26H33ClN2O7. The van der Waals surface area contributed by atoms with Gasteiger partial charge in [-0.15, -0.1) is 0 Å². The molecule has 0 aliphatic carbocycles. The number of benzene rings is 1. The van der Waals surface area contributed by atoms with Crippen molar-refractivity contribution in [3.63, 3.8) is 0 Å². The second-order valence-corrected chi connectivity index (χ2v) is 10.6. The molecule has 1 aromatic rings. The van der Waals surface area contributed by atoms with Crippen molar-refractivity contribution in [2.75, 3.05) is 11.9 Å². The third-order valence-electron chi connectivity index (χ3n) is 7.29. The number of nitrogens with one attached hydrogen (secondary N) is 1. The van der Waals surface area contributed by atoms with Crippen molar-refractivity contribution in [3.8, 4) is 0 Å². The van der Waals surface area contributed by atoms with Crippen LogP contribution in [-0.4, -0.2) is 70.1 Å². The summed E-state index contributed by atoms with van der Waals surface area (Å²) in [6, 6.07) is 3.79. The quantitative estimate of drug-likeness (QED) is 0.386. The molecule has 3 aliphatic rings. The van der Waals surface area contributed by atoms with Gasteiger partial charge in [-0.3, -0.25) is 10.1 Å². The zero-order valence-corrected chi connectivity index (χ0v) is 21.6. The molecular weight excluding hydrogens is 488 g/mol. The van der Waals surface area contributed by atoms with E-state index in [1.807, 2.05) is 26.0 Å². The van der Waals surface area contributed by atoms with Crippen molar-refractivity contribution in [1.82, 2.24) is 5.32 Å².